The van der Waals surface area contributed by atoms with Crippen LogP contribution in [0.25, 0.3) is 5.57 Å². The van der Waals surface area contributed by atoms with Crippen molar-refractivity contribution in [1.82, 2.24) is 0 Å². The van der Waals surface area contributed by atoms with Gasteiger partial charge in [0.05, 0.1) is 20.3 Å². The van der Waals surface area contributed by atoms with Crippen LogP contribution in [-0.2, 0) is 32.7 Å². The predicted molar refractivity (Wildman–Crippen MR) is 122 cm³/mol. The average molecular weight is 463 g/mol. The zero-order valence-electron chi connectivity index (χ0n) is 18.7. The Balaban J connectivity index is 0.000000346. The summed E-state index contributed by atoms with van der Waals surface area (Å²) >= 11 is 0. The third kappa shape index (κ3) is 3.88. The van der Waals surface area contributed by atoms with Crippen LogP contribution >= 0.6 is 0 Å². The number of rotatable bonds is 1. The van der Waals surface area contributed by atoms with Crippen LogP contribution in [0, 0.1) is 19.3 Å². The van der Waals surface area contributed by atoms with E-state index in [2.05, 4.69) is 31.2 Å². The molecule has 1 aromatic rings. The van der Waals surface area contributed by atoms with E-state index in [1.54, 1.807) is 18.3 Å². The predicted octanol–water partition coefficient (Wildman–Crippen LogP) is 6.03. The largest absolute Gasteiger partial charge is 0.497 e. The Morgan fingerprint density at radius 1 is 0.968 bits per heavy atom. The van der Waals surface area contributed by atoms with Crippen molar-refractivity contribution in [3.63, 3.8) is 0 Å². The summed E-state index contributed by atoms with van der Waals surface area (Å²) in [6.45, 7) is 3.82. The van der Waals surface area contributed by atoms with Crippen molar-refractivity contribution in [2.45, 2.75) is 44.8 Å². The van der Waals surface area contributed by atoms with Crippen LogP contribution in [0.5, 0.6) is 5.75 Å². The van der Waals surface area contributed by atoms with E-state index >= 15 is 0 Å². The minimum atomic E-state index is -0.377. The van der Waals surface area contributed by atoms with Crippen LogP contribution in [0.1, 0.15) is 43.7 Å². The maximum atomic E-state index is 6.15. The molecule has 2 fully saturated rings. The molecule has 1 saturated heterocycles. The average Bonchev–Trinajstić information content (AvgIpc) is 3.52. The second-order valence-electron chi connectivity index (χ2n) is 8.55. The second kappa shape index (κ2) is 9.49. The zero-order valence-corrected chi connectivity index (χ0v) is 19.7. The van der Waals surface area contributed by atoms with Crippen molar-refractivity contribution in [3.8, 4) is 5.75 Å². The van der Waals surface area contributed by atoms with E-state index in [4.69, 9.17) is 14.2 Å². The first kappa shape index (κ1) is 24.1. The molecule has 4 heteroatoms. The molecule has 168 valence electrons. The Morgan fingerprint density at radius 2 is 1.71 bits per heavy atom. The molecule has 5 aliphatic rings. The minimum Gasteiger partial charge on any atom is -0.497 e. The molecule has 0 N–H and O–H groups in total. The molecule has 1 spiro atoms. The number of methoxy groups -OCH3 is 1. The first-order valence-electron chi connectivity index (χ1n) is 10.7. The van der Waals surface area contributed by atoms with Gasteiger partial charge in [0, 0.05) is 35.0 Å². The maximum absolute atomic E-state index is 6.15. The van der Waals surface area contributed by atoms with E-state index in [-0.39, 0.29) is 35.4 Å². The number of benzene rings is 1. The maximum Gasteiger partial charge on any atom is 0.178 e. The molecule has 1 aliphatic heterocycles. The summed E-state index contributed by atoms with van der Waals surface area (Å²) in [4.78, 5) is 0. The van der Waals surface area contributed by atoms with Crippen molar-refractivity contribution in [1.29, 1.82) is 0 Å². The molecule has 1 heterocycles. The first-order valence-corrected chi connectivity index (χ1v) is 10.7. The van der Waals surface area contributed by atoms with E-state index in [1.165, 1.54) is 16.7 Å². The SMILES string of the molecule is COc1ccc2c(c1)CCC1=C3CCC4(OCCO4)[C@@]3(C)CC=C12.[CH3-].[CH]1C=CC=C1.[Co]. The second-order valence-corrected chi connectivity index (χ2v) is 8.55. The molecule has 31 heavy (non-hydrogen) atoms. The molecule has 0 bridgehead atoms. The summed E-state index contributed by atoms with van der Waals surface area (Å²) in [6, 6.07) is 6.51. The summed E-state index contributed by atoms with van der Waals surface area (Å²) in [5.74, 6) is 0.580. The number of ether oxygens (including phenoxy) is 3. The number of aryl methyl sites for hydroxylation is 1. The van der Waals surface area contributed by atoms with E-state index in [1.807, 2.05) is 30.7 Å². The fourth-order valence-electron chi connectivity index (χ4n) is 5.65. The number of hydrogen-bond acceptors (Lipinski definition) is 3. The van der Waals surface area contributed by atoms with Gasteiger partial charge < -0.3 is 21.6 Å². The molecule has 1 saturated carbocycles. The fraction of sp³-hybridized carbons (Fsp3) is 0.407. The van der Waals surface area contributed by atoms with Gasteiger partial charge in [-0.2, -0.15) is 0 Å². The molecule has 1 atom stereocenters. The molecule has 0 aromatic heterocycles. The van der Waals surface area contributed by atoms with Crippen LogP contribution < -0.4 is 4.74 Å². The Morgan fingerprint density at radius 3 is 2.35 bits per heavy atom. The topological polar surface area (TPSA) is 27.7 Å². The van der Waals surface area contributed by atoms with Crippen molar-refractivity contribution < 1.29 is 31.0 Å². The Bertz CT molecular complexity index is 924. The molecule has 4 aliphatic carbocycles. The summed E-state index contributed by atoms with van der Waals surface area (Å²) in [7, 11) is 1.74. The van der Waals surface area contributed by atoms with E-state index in [9.17, 15) is 0 Å². The van der Waals surface area contributed by atoms with Gasteiger partial charge in [0.2, 0.25) is 0 Å². The van der Waals surface area contributed by atoms with Crippen molar-refractivity contribution in [2.24, 2.45) is 5.41 Å². The van der Waals surface area contributed by atoms with Gasteiger partial charge in [-0.1, -0.05) is 48.9 Å². The van der Waals surface area contributed by atoms with Gasteiger partial charge in [-0.15, -0.1) is 0 Å². The van der Waals surface area contributed by atoms with Crippen LogP contribution in [0.2, 0.25) is 0 Å². The van der Waals surface area contributed by atoms with Gasteiger partial charge in [-0.05, 0) is 60.1 Å². The summed E-state index contributed by atoms with van der Waals surface area (Å²) in [5, 5.41) is 0. The van der Waals surface area contributed by atoms with Crippen LogP contribution in [0.3, 0.4) is 0 Å². The number of fused-ring (bicyclic) bond motifs is 5. The quantitative estimate of drug-likeness (QED) is 0.476. The smallest absolute Gasteiger partial charge is 0.178 e. The normalized spacial score (nSPS) is 26.1. The van der Waals surface area contributed by atoms with Crippen LogP contribution in [0.15, 0.2) is 59.7 Å². The molecule has 6 rings (SSSR count). The van der Waals surface area contributed by atoms with Gasteiger partial charge in [0.1, 0.15) is 5.75 Å². The molecule has 1 aromatic carbocycles. The molecule has 2 radical (unpaired) electrons. The third-order valence-corrected chi connectivity index (χ3v) is 7.17. The van der Waals surface area contributed by atoms with Gasteiger partial charge >= 0.3 is 0 Å². The molecule has 0 amide bonds. The number of hydrogen-bond donors (Lipinski definition) is 0. The van der Waals surface area contributed by atoms with Gasteiger partial charge in [0.15, 0.2) is 5.79 Å². The number of allylic oxidation sites excluding steroid dienone is 7. The zero-order chi connectivity index (χ0) is 19.9. The summed E-state index contributed by atoms with van der Waals surface area (Å²) in [5.41, 5.74) is 7.39. The van der Waals surface area contributed by atoms with E-state index in [0.717, 1.165) is 51.1 Å². The Labute approximate surface area is 197 Å². The standard InChI is InChI=1S/C21H24O3.C5H5.CH3.Co/c1-20-9-7-17-16-6-4-15(22-2)13-14(16)3-5-18(17)19(20)8-10-21(20)23-11-12-24-21;1-2-4-5-3-1;;/h4,6-7,13H,3,5,8-12H2,1-2H3;1-5H;1H3;/q;;-1;/t20-;;;/m0.../s1. The third-order valence-electron chi connectivity index (χ3n) is 7.17. The van der Waals surface area contributed by atoms with Gasteiger partial charge in [0.25, 0.3) is 0 Å². The molecular weight excluding hydrogens is 431 g/mol. The van der Waals surface area contributed by atoms with Crippen LogP contribution in [0.4, 0.5) is 0 Å². The van der Waals surface area contributed by atoms with Gasteiger partial charge in [-0.25, -0.2) is 0 Å². The Hall–Kier alpha value is -1.59. The fourth-order valence-corrected chi connectivity index (χ4v) is 5.65. The van der Waals surface area contributed by atoms with E-state index in [0.29, 0.717) is 0 Å². The first-order chi connectivity index (χ1) is 14.2. The van der Waals surface area contributed by atoms with Gasteiger partial charge in [-0.3, -0.25) is 0 Å². The van der Waals surface area contributed by atoms with Crippen LogP contribution in [-0.4, -0.2) is 26.1 Å². The minimum absolute atomic E-state index is 0. The van der Waals surface area contributed by atoms with Crippen molar-refractivity contribution in [3.05, 3.63) is 84.7 Å². The monoisotopic (exact) mass is 463 g/mol. The molecule has 3 nitrogen and oxygen atoms in total. The molecule has 0 unspecified atom stereocenters. The molecular formula is C27H32CoO3-. The summed E-state index contributed by atoms with van der Waals surface area (Å²) < 4.78 is 17.7. The summed E-state index contributed by atoms with van der Waals surface area (Å²) in [6.07, 6.45) is 17.8. The van der Waals surface area contributed by atoms with Crippen molar-refractivity contribution in [2.75, 3.05) is 20.3 Å². The van der Waals surface area contributed by atoms with Crippen molar-refractivity contribution >= 4 is 5.57 Å². The van der Waals surface area contributed by atoms with E-state index < -0.39 is 0 Å². The Kier molecular flexibility index (Phi) is 7.37.